The molecule has 130 valence electrons. The summed E-state index contributed by atoms with van der Waals surface area (Å²) in [6, 6.07) is 12.5. The van der Waals surface area contributed by atoms with Crippen molar-refractivity contribution < 1.29 is 4.79 Å². The van der Waals surface area contributed by atoms with Crippen LogP contribution in [0.5, 0.6) is 0 Å². The second kappa shape index (κ2) is 6.60. The predicted octanol–water partition coefficient (Wildman–Crippen LogP) is 3.27. The summed E-state index contributed by atoms with van der Waals surface area (Å²) < 4.78 is 0. The first-order valence-corrected chi connectivity index (χ1v) is 9.13. The summed E-state index contributed by atoms with van der Waals surface area (Å²) in [6.45, 7) is 5.69. The third-order valence-electron chi connectivity index (χ3n) is 5.77. The van der Waals surface area contributed by atoms with Gasteiger partial charge >= 0.3 is 0 Å². The first-order valence-electron chi connectivity index (χ1n) is 9.13. The molecule has 1 fully saturated rings. The van der Waals surface area contributed by atoms with Gasteiger partial charge in [-0.05, 0) is 61.0 Å². The third kappa shape index (κ3) is 3.31. The average molecular weight is 335 g/mol. The van der Waals surface area contributed by atoms with Crippen LogP contribution in [0.25, 0.3) is 0 Å². The minimum atomic E-state index is 0.157. The first-order chi connectivity index (χ1) is 12.2. The van der Waals surface area contributed by atoms with Crippen LogP contribution in [0.4, 0.5) is 5.69 Å². The molecule has 3 heterocycles. The van der Waals surface area contributed by atoms with Crippen molar-refractivity contribution >= 4 is 11.6 Å². The molecule has 0 bridgehead atoms. The van der Waals surface area contributed by atoms with Crippen LogP contribution >= 0.6 is 0 Å². The summed E-state index contributed by atoms with van der Waals surface area (Å²) in [5.74, 6) is 0.157. The van der Waals surface area contributed by atoms with E-state index in [1.165, 1.54) is 11.1 Å². The fourth-order valence-electron chi connectivity index (χ4n) is 4.36. The number of anilines is 1. The van der Waals surface area contributed by atoms with Crippen LogP contribution in [0.1, 0.15) is 30.9 Å². The number of nitrogens with zero attached hydrogens (tertiary/aromatic N) is 3. The van der Waals surface area contributed by atoms with E-state index in [9.17, 15) is 4.79 Å². The number of hydrogen-bond acceptors (Lipinski definition) is 3. The predicted molar refractivity (Wildman–Crippen MR) is 99.4 cm³/mol. The number of pyridine rings is 1. The van der Waals surface area contributed by atoms with Gasteiger partial charge in [-0.15, -0.1) is 0 Å². The van der Waals surface area contributed by atoms with Crippen LogP contribution in [-0.2, 0) is 17.8 Å². The molecule has 2 aromatic rings. The number of likely N-dealkylation sites (tertiary alicyclic amines) is 1. The highest BCUT2D eigenvalue weighted by atomic mass is 16.2. The van der Waals surface area contributed by atoms with Crippen LogP contribution in [-0.4, -0.2) is 35.4 Å². The molecular formula is C21H25N3O. The van der Waals surface area contributed by atoms with E-state index in [0.29, 0.717) is 0 Å². The van der Waals surface area contributed by atoms with E-state index < -0.39 is 0 Å². The standard InChI is InChI=1S/C21H25N3O/c1-17(25)24-16-21(13-19-6-2-3-7-20(19)24)8-11-23(12-9-21)15-18-5-4-10-22-14-18/h2-7,10,14H,8-9,11-13,15-16H2,1H3. The Kier molecular flexibility index (Phi) is 4.30. The van der Waals surface area contributed by atoms with Crippen molar-refractivity contribution in [1.29, 1.82) is 0 Å². The molecule has 0 atom stereocenters. The minimum Gasteiger partial charge on any atom is -0.312 e. The molecule has 1 aromatic carbocycles. The highest BCUT2D eigenvalue weighted by molar-refractivity contribution is 5.93. The van der Waals surface area contributed by atoms with Gasteiger partial charge in [-0.25, -0.2) is 0 Å². The number of carbonyl (C=O) groups is 1. The van der Waals surface area contributed by atoms with Crippen molar-refractivity contribution in [2.75, 3.05) is 24.5 Å². The lowest BCUT2D eigenvalue weighted by atomic mass is 9.71. The SMILES string of the molecule is CC(=O)N1CC2(CCN(Cc3cccnc3)CC2)Cc2ccccc21. The topological polar surface area (TPSA) is 36.4 Å². The number of para-hydroxylation sites is 1. The zero-order chi connectivity index (χ0) is 17.3. The highest BCUT2D eigenvalue weighted by Gasteiger charge is 2.41. The second-order valence-electron chi connectivity index (χ2n) is 7.55. The molecule has 1 spiro atoms. The summed E-state index contributed by atoms with van der Waals surface area (Å²) in [5, 5.41) is 0. The first kappa shape index (κ1) is 16.3. The number of fused-ring (bicyclic) bond motifs is 1. The van der Waals surface area contributed by atoms with Crippen molar-refractivity contribution in [1.82, 2.24) is 9.88 Å². The lowest BCUT2D eigenvalue weighted by Crippen LogP contribution is -2.51. The second-order valence-corrected chi connectivity index (χ2v) is 7.55. The molecule has 1 saturated heterocycles. The Balaban J connectivity index is 1.48. The quantitative estimate of drug-likeness (QED) is 0.845. The number of carbonyl (C=O) groups excluding carboxylic acids is 1. The summed E-state index contributed by atoms with van der Waals surface area (Å²) in [7, 11) is 0. The Hall–Kier alpha value is -2.20. The molecule has 1 aromatic heterocycles. The molecule has 0 radical (unpaired) electrons. The third-order valence-corrected chi connectivity index (χ3v) is 5.77. The summed E-state index contributed by atoms with van der Waals surface area (Å²) >= 11 is 0. The van der Waals surface area contributed by atoms with Crippen molar-refractivity contribution in [3.8, 4) is 0 Å². The molecule has 0 unspecified atom stereocenters. The number of amides is 1. The van der Waals surface area contributed by atoms with Crippen LogP contribution in [0.2, 0.25) is 0 Å². The number of rotatable bonds is 2. The molecule has 2 aliphatic rings. The fourth-order valence-corrected chi connectivity index (χ4v) is 4.36. The van der Waals surface area contributed by atoms with Crippen molar-refractivity contribution in [2.24, 2.45) is 5.41 Å². The highest BCUT2D eigenvalue weighted by Crippen LogP contribution is 2.43. The van der Waals surface area contributed by atoms with E-state index in [-0.39, 0.29) is 11.3 Å². The van der Waals surface area contributed by atoms with Crippen molar-refractivity contribution in [2.45, 2.75) is 32.7 Å². The zero-order valence-electron chi connectivity index (χ0n) is 14.8. The van der Waals surface area contributed by atoms with Gasteiger partial charge in [0.25, 0.3) is 0 Å². The Morgan fingerprint density at radius 3 is 2.68 bits per heavy atom. The Morgan fingerprint density at radius 2 is 1.96 bits per heavy atom. The lowest BCUT2D eigenvalue weighted by molar-refractivity contribution is -0.117. The van der Waals surface area contributed by atoms with Gasteiger partial charge < -0.3 is 4.90 Å². The number of benzene rings is 1. The van der Waals surface area contributed by atoms with Gasteiger partial charge in [0.2, 0.25) is 5.91 Å². The summed E-state index contributed by atoms with van der Waals surface area (Å²) in [4.78, 5) is 20.9. The van der Waals surface area contributed by atoms with E-state index in [1.54, 1.807) is 6.92 Å². The maximum Gasteiger partial charge on any atom is 0.223 e. The molecule has 4 heteroatoms. The maximum absolute atomic E-state index is 12.2. The largest absolute Gasteiger partial charge is 0.312 e. The van der Waals surface area contributed by atoms with Gasteiger partial charge in [0.15, 0.2) is 0 Å². The molecule has 2 aliphatic heterocycles. The Labute approximate surface area is 149 Å². The molecule has 0 saturated carbocycles. The van der Waals surface area contributed by atoms with Crippen LogP contribution in [0.3, 0.4) is 0 Å². The van der Waals surface area contributed by atoms with Gasteiger partial charge in [0.05, 0.1) is 0 Å². The summed E-state index contributed by atoms with van der Waals surface area (Å²) in [5.41, 5.74) is 3.94. The molecule has 0 N–H and O–H groups in total. The monoisotopic (exact) mass is 335 g/mol. The van der Waals surface area contributed by atoms with Crippen molar-refractivity contribution in [3.63, 3.8) is 0 Å². The smallest absolute Gasteiger partial charge is 0.223 e. The minimum absolute atomic E-state index is 0.157. The number of hydrogen-bond donors (Lipinski definition) is 0. The van der Waals surface area contributed by atoms with E-state index in [2.05, 4.69) is 34.1 Å². The average Bonchev–Trinajstić information content (AvgIpc) is 2.64. The van der Waals surface area contributed by atoms with Crippen molar-refractivity contribution in [3.05, 3.63) is 59.9 Å². The Morgan fingerprint density at radius 1 is 1.16 bits per heavy atom. The maximum atomic E-state index is 12.2. The zero-order valence-corrected chi connectivity index (χ0v) is 14.8. The number of piperidine rings is 1. The van der Waals surface area contributed by atoms with E-state index in [1.807, 2.05) is 29.4 Å². The number of aromatic nitrogens is 1. The molecule has 4 rings (SSSR count). The fraction of sp³-hybridized carbons (Fsp3) is 0.429. The lowest BCUT2D eigenvalue weighted by Gasteiger charge is -2.48. The normalized spacial score (nSPS) is 19.6. The molecular weight excluding hydrogens is 310 g/mol. The van der Waals surface area contributed by atoms with Crippen LogP contribution in [0, 0.1) is 5.41 Å². The molecule has 25 heavy (non-hydrogen) atoms. The van der Waals surface area contributed by atoms with Gasteiger partial charge in [-0.1, -0.05) is 24.3 Å². The molecule has 0 aliphatic carbocycles. The van der Waals surface area contributed by atoms with Crippen LogP contribution < -0.4 is 4.90 Å². The van der Waals surface area contributed by atoms with E-state index >= 15 is 0 Å². The Bertz CT molecular complexity index is 751. The van der Waals surface area contributed by atoms with E-state index in [0.717, 1.165) is 51.1 Å². The van der Waals surface area contributed by atoms with Gasteiger partial charge in [-0.2, -0.15) is 0 Å². The van der Waals surface area contributed by atoms with Gasteiger partial charge in [-0.3, -0.25) is 14.7 Å². The van der Waals surface area contributed by atoms with E-state index in [4.69, 9.17) is 0 Å². The molecule has 4 nitrogen and oxygen atoms in total. The molecule has 1 amide bonds. The van der Waals surface area contributed by atoms with Gasteiger partial charge in [0.1, 0.15) is 0 Å². The summed E-state index contributed by atoms with van der Waals surface area (Å²) in [6.07, 6.45) is 7.16. The van der Waals surface area contributed by atoms with Gasteiger partial charge in [0, 0.05) is 38.1 Å². The van der Waals surface area contributed by atoms with Crippen LogP contribution in [0.15, 0.2) is 48.8 Å².